The van der Waals surface area contributed by atoms with Crippen LogP contribution in [0.4, 0.5) is 0 Å². The lowest BCUT2D eigenvalue weighted by molar-refractivity contribution is -0.126. The van der Waals surface area contributed by atoms with Gasteiger partial charge < -0.3 is 5.32 Å². The van der Waals surface area contributed by atoms with Crippen molar-refractivity contribution in [2.24, 2.45) is 11.3 Å². The minimum atomic E-state index is -0.780. The molecule has 1 saturated carbocycles. The van der Waals surface area contributed by atoms with Crippen molar-refractivity contribution < 1.29 is 9.59 Å². The number of aryl methyl sites for hydroxylation is 1. The van der Waals surface area contributed by atoms with E-state index in [9.17, 15) is 9.59 Å². The van der Waals surface area contributed by atoms with Crippen molar-refractivity contribution in [3.63, 3.8) is 0 Å². The molecule has 2 amide bonds. The number of carbonyl (C=O) groups is 2. The van der Waals surface area contributed by atoms with Gasteiger partial charge in [0.05, 0.1) is 11.2 Å². The smallest absolute Gasteiger partial charge is 0.271 e. The molecule has 2 aromatic heterocycles. The molecular weight excluding hydrogens is 468 g/mol. The molecule has 0 radical (unpaired) electrons. The third kappa shape index (κ3) is 5.03. The van der Waals surface area contributed by atoms with E-state index in [1.807, 2.05) is 12.1 Å². The molecule has 2 atom stereocenters. The first-order chi connectivity index (χ1) is 17.3. The topological polar surface area (TPSA) is 75.2 Å². The number of allylic oxidation sites excluding steroid dienone is 4. The normalized spacial score (nSPS) is 21.9. The first kappa shape index (κ1) is 24.9. The molecular formula is C29H36N4O2S. The number of carbonyl (C=O) groups excluding carboxylic acids is 2. The molecule has 1 aliphatic heterocycles. The van der Waals surface area contributed by atoms with Crippen LogP contribution in [0.5, 0.6) is 0 Å². The Labute approximate surface area is 217 Å². The van der Waals surface area contributed by atoms with E-state index in [1.165, 1.54) is 23.3 Å². The number of thiazole rings is 1. The van der Waals surface area contributed by atoms with Crippen molar-refractivity contribution in [3.05, 3.63) is 69.6 Å². The first-order valence-electron chi connectivity index (χ1n) is 13.2. The van der Waals surface area contributed by atoms with Crippen LogP contribution in [0.3, 0.4) is 0 Å². The zero-order valence-corrected chi connectivity index (χ0v) is 22.3. The average molecular weight is 505 g/mol. The molecule has 2 aromatic rings. The third-order valence-corrected chi connectivity index (χ3v) is 8.62. The highest BCUT2D eigenvalue weighted by Crippen LogP contribution is 2.44. The minimum absolute atomic E-state index is 0.0294. The van der Waals surface area contributed by atoms with E-state index in [4.69, 9.17) is 0 Å². The fraction of sp³-hybridized carbons (Fsp3) is 0.517. The summed E-state index contributed by atoms with van der Waals surface area (Å²) in [7, 11) is 0. The fourth-order valence-electron chi connectivity index (χ4n) is 5.99. The van der Waals surface area contributed by atoms with Crippen LogP contribution in [-0.2, 0) is 11.2 Å². The predicted molar refractivity (Wildman–Crippen MR) is 142 cm³/mol. The molecule has 3 aliphatic rings. The van der Waals surface area contributed by atoms with E-state index in [-0.39, 0.29) is 23.3 Å². The highest BCUT2D eigenvalue weighted by Gasteiger charge is 2.40. The fourth-order valence-corrected chi connectivity index (χ4v) is 6.76. The molecule has 36 heavy (non-hydrogen) atoms. The Morgan fingerprint density at radius 1 is 1.17 bits per heavy atom. The van der Waals surface area contributed by atoms with Crippen LogP contribution < -0.4 is 5.32 Å². The van der Waals surface area contributed by atoms with Gasteiger partial charge in [0.25, 0.3) is 5.91 Å². The number of rotatable bonds is 4. The van der Waals surface area contributed by atoms with Gasteiger partial charge in [-0.05, 0) is 55.6 Å². The molecule has 2 bridgehead atoms. The maximum Gasteiger partial charge on any atom is 0.271 e. The zero-order chi connectivity index (χ0) is 25.3. The maximum absolute atomic E-state index is 14.2. The summed E-state index contributed by atoms with van der Waals surface area (Å²) in [5, 5.41) is 3.30. The number of pyridine rings is 1. The number of amides is 2. The Morgan fingerprint density at radius 2 is 1.97 bits per heavy atom. The van der Waals surface area contributed by atoms with E-state index >= 15 is 0 Å². The number of aromatic nitrogens is 2. The molecule has 1 fully saturated rings. The standard InChI is InChI=1S/C29H36N4O2S/c1-29(2,3)23-13-12-22-16-19(23)11-14-24-26(36-18-31-24)28(35)33(22)25(20-8-7-15-30-17-20)27(34)32-21-9-5-4-6-10-21/h7-8,12-13,15,17-19,21,25H,4-6,9-11,14,16H2,1-3H3,(H,32,34). The molecule has 0 spiro atoms. The second-order valence-electron chi connectivity index (χ2n) is 11.3. The molecule has 1 N–H and O–H groups in total. The Morgan fingerprint density at radius 3 is 2.69 bits per heavy atom. The van der Waals surface area contributed by atoms with Gasteiger partial charge in [-0.1, -0.05) is 57.7 Å². The van der Waals surface area contributed by atoms with Crippen LogP contribution in [0.2, 0.25) is 0 Å². The number of nitrogens with zero attached hydrogens (tertiary/aromatic N) is 3. The Hall–Kier alpha value is -2.80. The summed E-state index contributed by atoms with van der Waals surface area (Å²) in [6, 6.07) is 3.11. The van der Waals surface area contributed by atoms with Crippen LogP contribution in [0.25, 0.3) is 0 Å². The van der Waals surface area contributed by atoms with E-state index in [1.54, 1.807) is 22.8 Å². The van der Waals surface area contributed by atoms with Crippen molar-refractivity contribution in [3.8, 4) is 0 Å². The summed E-state index contributed by atoms with van der Waals surface area (Å²) in [6.07, 6.45) is 15.6. The van der Waals surface area contributed by atoms with Crippen LogP contribution in [0, 0.1) is 11.3 Å². The van der Waals surface area contributed by atoms with Gasteiger partial charge in [0.15, 0.2) is 0 Å². The van der Waals surface area contributed by atoms with Gasteiger partial charge in [0.2, 0.25) is 5.91 Å². The summed E-state index contributed by atoms with van der Waals surface area (Å²) in [4.78, 5) is 39.5. The largest absolute Gasteiger partial charge is 0.351 e. The molecule has 0 saturated heterocycles. The molecule has 2 unspecified atom stereocenters. The first-order valence-corrected chi connectivity index (χ1v) is 14.1. The van der Waals surface area contributed by atoms with Crippen LogP contribution in [-0.4, -0.2) is 32.7 Å². The average Bonchev–Trinajstić information content (AvgIpc) is 3.35. The highest BCUT2D eigenvalue weighted by molar-refractivity contribution is 7.11. The Kier molecular flexibility index (Phi) is 7.11. The SMILES string of the molecule is CC(C)(C)C1=CC=C2CC1CCc1ncsc1C(=O)N2C(C(=O)NC1CCCCC1)c1cccnc1. The minimum Gasteiger partial charge on any atom is -0.351 e. The number of hydrogen-bond donors (Lipinski definition) is 1. The van der Waals surface area contributed by atoms with Crippen molar-refractivity contribution in [1.29, 1.82) is 0 Å². The molecule has 2 aliphatic carbocycles. The van der Waals surface area contributed by atoms with Gasteiger partial charge in [-0.25, -0.2) is 4.98 Å². The van der Waals surface area contributed by atoms with Crippen LogP contribution >= 0.6 is 11.3 Å². The van der Waals surface area contributed by atoms with Gasteiger partial charge in [-0.2, -0.15) is 0 Å². The van der Waals surface area contributed by atoms with Crippen molar-refractivity contribution >= 4 is 23.2 Å². The Bertz CT molecular complexity index is 1170. The maximum atomic E-state index is 14.2. The highest BCUT2D eigenvalue weighted by atomic mass is 32.1. The second kappa shape index (κ2) is 10.3. The quantitative estimate of drug-likeness (QED) is 0.555. The summed E-state index contributed by atoms with van der Waals surface area (Å²) in [6.45, 7) is 6.74. The lowest BCUT2D eigenvalue weighted by Crippen LogP contribution is -2.47. The number of nitrogens with one attached hydrogen (secondary N) is 1. The van der Waals surface area contributed by atoms with E-state index in [0.29, 0.717) is 10.8 Å². The number of hydrogen-bond acceptors (Lipinski definition) is 5. The predicted octanol–water partition coefficient (Wildman–Crippen LogP) is 5.99. The lowest BCUT2D eigenvalue weighted by atomic mass is 9.73. The van der Waals surface area contributed by atoms with Gasteiger partial charge >= 0.3 is 0 Å². The monoisotopic (exact) mass is 504 g/mol. The Balaban J connectivity index is 1.61. The molecule has 190 valence electrons. The molecule has 5 rings (SSSR count). The van der Waals surface area contributed by atoms with Crippen molar-refractivity contribution in [2.75, 3.05) is 0 Å². The second-order valence-corrected chi connectivity index (χ2v) is 12.2. The lowest BCUT2D eigenvalue weighted by Gasteiger charge is -2.38. The van der Waals surface area contributed by atoms with E-state index < -0.39 is 6.04 Å². The molecule has 6 nitrogen and oxygen atoms in total. The molecule has 7 heteroatoms. The van der Waals surface area contributed by atoms with E-state index in [2.05, 4.69) is 48.2 Å². The van der Waals surface area contributed by atoms with Crippen LogP contribution in [0.1, 0.15) is 92.7 Å². The van der Waals surface area contributed by atoms with Gasteiger partial charge in [0.1, 0.15) is 10.9 Å². The number of fused-ring (bicyclic) bond motifs is 3. The van der Waals surface area contributed by atoms with Gasteiger partial charge in [-0.15, -0.1) is 11.3 Å². The summed E-state index contributed by atoms with van der Waals surface area (Å²) in [5.74, 6) is 0.0279. The van der Waals surface area contributed by atoms with Gasteiger partial charge in [0, 0.05) is 29.7 Å². The van der Waals surface area contributed by atoms with E-state index in [0.717, 1.165) is 61.9 Å². The van der Waals surface area contributed by atoms with Gasteiger partial charge in [-0.3, -0.25) is 19.5 Å². The molecule has 0 aromatic carbocycles. The third-order valence-electron chi connectivity index (χ3n) is 7.77. The van der Waals surface area contributed by atoms with Crippen molar-refractivity contribution in [2.45, 2.75) is 84.2 Å². The summed E-state index contributed by atoms with van der Waals surface area (Å²) < 4.78 is 0. The zero-order valence-electron chi connectivity index (χ0n) is 21.5. The summed E-state index contributed by atoms with van der Waals surface area (Å²) in [5.41, 5.74) is 5.64. The van der Waals surface area contributed by atoms with Crippen molar-refractivity contribution in [1.82, 2.24) is 20.2 Å². The summed E-state index contributed by atoms with van der Waals surface area (Å²) >= 11 is 1.38. The molecule has 3 heterocycles. The van der Waals surface area contributed by atoms with Crippen LogP contribution in [0.15, 0.2) is 53.5 Å².